The van der Waals surface area contributed by atoms with E-state index in [0.29, 0.717) is 43.4 Å². The molecule has 0 unspecified atom stereocenters. The van der Waals surface area contributed by atoms with E-state index < -0.39 is 6.43 Å². The SMILES string of the molecule is FC(F)c1c2c(c(C[C@@H]3CCCN3)c3c1OCC3)OCC2. The van der Waals surface area contributed by atoms with Gasteiger partial charge in [0.05, 0.1) is 18.8 Å². The topological polar surface area (TPSA) is 30.5 Å². The van der Waals surface area contributed by atoms with Gasteiger partial charge in [0.1, 0.15) is 11.5 Å². The van der Waals surface area contributed by atoms with Crippen molar-refractivity contribution in [3.8, 4) is 11.5 Å². The standard InChI is InChI=1S/C16H19F2NO2/c17-16(18)13-11-4-7-20-14(11)12(8-9-2-1-5-19-9)10-3-6-21-15(10)13/h9,16,19H,1-8H2/t9-/m0/s1. The van der Waals surface area contributed by atoms with E-state index >= 15 is 0 Å². The molecule has 0 aliphatic carbocycles. The summed E-state index contributed by atoms with van der Waals surface area (Å²) in [5.74, 6) is 1.17. The highest BCUT2D eigenvalue weighted by molar-refractivity contribution is 5.62. The molecule has 1 aromatic carbocycles. The third-order valence-corrected chi connectivity index (χ3v) is 4.78. The van der Waals surface area contributed by atoms with Crippen LogP contribution in [0.15, 0.2) is 0 Å². The van der Waals surface area contributed by atoms with Gasteiger partial charge in [0, 0.05) is 35.6 Å². The lowest BCUT2D eigenvalue weighted by Gasteiger charge is -2.19. The molecule has 0 spiro atoms. The van der Waals surface area contributed by atoms with Gasteiger partial charge in [0.25, 0.3) is 6.43 Å². The van der Waals surface area contributed by atoms with Crippen LogP contribution in [-0.4, -0.2) is 25.8 Å². The zero-order valence-electron chi connectivity index (χ0n) is 11.9. The predicted molar refractivity (Wildman–Crippen MR) is 74.5 cm³/mol. The number of rotatable bonds is 3. The van der Waals surface area contributed by atoms with E-state index in [0.717, 1.165) is 36.3 Å². The number of fused-ring (bicyclic) bond motifs is 2. The smallest absolute Gasteiger partial charge is 0.267 e. The van der Waals surface area contributed by atoms with Crippen molar-refractivity contribution in [3.63, 3.8) is 0 Å². The van der Waals surface area contributed by atoms with Crippen LogP contribution in [0.25, 0.3) is 0 Å². The first-order valence-electron chi connectivity index (χ1n) is 7.73. The molecule has 0 aromatic heterocycles. The number of nitrogens with one attached hydrogen (secondary N) is 1. The Labute approximate surface area is 122 Å². The minimum absolute atomic E-state index is 0.0816. The number of hydrogen-bond donors (Lipinski definition) is 1. The molecule has 4 rings (SSSR count). The van der Waals surface area contributed by atoms with Crippen LogP contribution in [0.2, 0.25) is 0 Å². The fraction of sp³-hybridized carbons (Fsp3) is 0.625. The molecule has 1 saturated heterocycles. The summed E-state index contributed by atoms with van der Waals surface area (Å²) in [6.07, 6.45) is 1.97. The molecule has 5 heteroatoms. The molecule has 1 aromatic rings. The second kappa shape index (κ2) is 5.13. The number of alkyl halides is 2. The van der Waals surface area contributed by atoms with Gasteiger partial charge in [0.2, 0.25) is 0 Å². The molecule has 3 nitrogen and oxygen atoms in total. The van der Waals surface area contributed by atoms with Crippen molar-refractivity contribution < 1.29 is 18.3 Å². The van der Waals surface area contributed by atoms with Crippen LogP contribution in [0.4, 0.5) is 8.78 Å². The minimum Gasteiger partial charge on any atom is -0.493 e. The molecular formula is C16H19F2NO2. The first kappa shape index (κ1) is 13.3. The second-order valence-corrected chi connectivity index (χ2v) is 6.00. The fourth-order valence-corrected chi connectivity index (χ4v) is 3.86. The summed E-state index contributed by atoms with van der Waals surface area (Å²) < 4.78 is 38.2. The van der Waals surface area contributed by atoms with Gasteiger partial charge in [-0.05, 0) is 25.8 Å². The van der Waals surface area contributed by atoms with Gasteiger partial charge >= 0.3 is 0 Å². The number of halogens is 2. The highest BCUT2D eigenvalue weighted by atomic mass is 19.3. The molecule has 1 fully saturated rings. The zero-order chi connectivity index (χ0) is 14.4. The van der Waals surface area contributed by atoms with Gasteiger partial charge in [-0.15, -0.1) is 0 Å². The summed E-state index contributed by atoms with van der Waals surface area (Å²) >= 11 is 0. The number of hydrogen-bond acceptors (Lipinski definition) is 3. The molecular weight excluding hydrogens is 276 g/mol. The van der Waals surface area contributed by atoms with Gasteiger partial charge in [-0.1, -0.05) is 0 Å². The van der Waals surface area contributed by atoms with Crippen molar-refractivity contribution in [1.29, 1.82) is 0 Å². The maximum Gasteiger partial charge on any atom is 0.267 e. The first-order valence-corrected chi connectivity index (χ1v) is 7.73. The Kier molecular flexibility index (Phi) is 3.25. The molecule has 1 N–H and O–H groups in total. The highest BCUT2D eigenvalue weighted by Gasteiger charge is 2.35. The van der Waals surface area contributed by atoms with Crippen molar-refractivity contribution in [2.75, 3.05) is 19.8 Å². The Bertz CT molecular complexity index is 533. The average Bonchev–Trinajstić information content (AvgIpc) is 3.18. The average molecular weight is 295 g/mol. The van der Waals surface area contributed by atoms with Crippen molar-refractivity contribution in [1.82, 2.24) is 5.32 Å². The minimum atomic E-state index is -2.49. The Hall–Kier alpha value is -1.36. The third kappa shape index (κ3) is 2.09. The molecule has 3 aliphatic heterocycles. The lowest BCUT2D eigenvalue weighted by atomic mass is 9.90. The molecule has 1 atom stereocenters. The van der Waals surface area contributed by atoms with E-state index in [1.807, 2.05) is 0 Å². The third-order valence-electron chi connectivity index (χ3n) is 4.78. The van der Waals surface area contributed by atoms with Crippen LogP contribution in [0, 0.1) is 0 Å². The molecule has 0 amide bonds. The van der Waals surface area contributed by atoms with Gasteiger partial charge in [-0.3, -0.25) is 0 Å². The molecule has 0 saturated carbocycles. The number of benzene rings is 1. The van der Waals surface area contributed by atoms with Crippen LogP contribution >= 0.6 is 0 Å². The zero-order valence-corrected chi connectivity index (χ0v) is 11.9. The normalized spacial score (nSPS) is 23.1. The van der Waals surface area contributed by atoms with Crippen molar-refractivity contribution in [2.24, 2.45) is 0 Å². The summed E-state index contributed by atoms with van der Waals surface area (Å²) in [5, 5.41) is 3.48. The van der Waals surface area contributed by atoms with E-state index in [2.05, 4.69) is 5.32 Å². The van der Waals surface area contributed by atoms with Crippen molar-refractivity contribution in [3.05, 3.63) is 22.3 Å². The maximum atomic E-state index is 13.5. The Morgan fingerprint density at radius 3 is 2.57 bits per heavy atom. The Morgan fingerprint density at radius 1 is 1.10 bits per heavy atom. The lowest BCUT2D eigenvalue weighted by Crippen LogP contribution is -2.24. The van der Waals surface area contributed by atoms with Crippen LogP contribution in [0.5, 0.6) is 11.5 Å². The fourth-order valence-electron chi connectivity index (χ4n) is 3.86. The van der Waals surface area contributed by atoms with Gasteiger partial charge < -0.3 is 14.8 Å². The molecule has 21 heavy (non-hydrogen) atoms. The van der Waals surface area contributed by atoms with Crippen molar-refractivity contribution >= 4 is 0 Å². The van der Waals surface area contributed by atoms with Gasteiger partial charge in [0.15, 0.2) is 0 Å². The molecule has 3 heterocycles. The lowest BCUT2D eigenvalue weighted by molar-refractivity contribution is 0.145. The predicted octanol–water partition coefficient (Wildman–Crippen LogP) is 2.79. The summed E-state index contributed by atoms with van der Waals surface area (Å²) in [6, 6.07) is 0.431. The van der Waals surface area contributed by atoms with Crippen LogP contribution < -0.4 is 14.8 Å². The summed E-state index contributed by atoms with van der Waals surface area (Å²) in [4.78, 5) is 0. The summed E-state index contributed by atoms with van der Waals surface area (Å²) in [7, 11) is 0. The maximum absolute atomic E-state index is 13.5. The van der Waals surface area contributed by atoms with E-state index in [1.54, 1.807) is 0 Å². The van der Waals surface area contributed by atoms with E-state index in [-0.39, 0.29) is 5.56 Å². The Morgan fingerprint density at radius 2 is 1.86 bits per heavy atom. The Balaban J connectivity index is 1.83. The van der Waals surface area contributed by atoms with E-state index in [4.69, 9.17) is 9.47 Å². The molecule has 0 bridgehead atoms. The first-order chi connectivity index (χ1) is 10.3. The van der Waals surface area contributed by atoms with Crippen LogP contribution in [0.3, 0.4) is 0 Å². The monoisotopic (exact) mass is 295 g/mol. The number of ether oxygens (including phenoxy) is 2. The van der Waals surface area contributed by atoms with Gasteiger partial charge in [-0.25, -0.2) is 8.78 Å². The van der Waals surface area contributed by atoms with Crippen molar-refractivity contribution in [2.45, 2.75) is 44.6 Å². The summed E-state index contributed by atoms with van der Waals surface area (Å²) in [6.45, 7) is 2.05. The summed E-state index contributed by atoms with van der Waals surface area (Å²) in [5.41, 5.74) is 2.83. The molecule has 3 aliphatic rings. The molecule has 0 radical (unpaired) electrons. The van der Waals surface area contributed by atoms with Crippen LogP contribution in [0.1, 0.15) is 41.5 Å². The van der Waals surface area contributed by atoms with E-state index in [9.17, 15) is 8.78 Å². The largest absolute Gasteiger partial charge is 0.493 e. The van der Waals surface area contributed by atoms with Gasteiger partial charge in [-0.2, -0.15) is 0 Å². The second-order valence-electron chi connectivity index (χ2n) is 6.00. The quantitative estimate of drug-likeness (QED) is 0.930. The van der Waals surface area contributed by atoms with E-state index in [1.165, 1.54) is 6.42 Å². The molecule has 114 valence electrons. The van der Waals surface area contributed by atoms with Crippen LogP contribution in [-0.2, 0) is 19.3 Å². The highest BCUT2D eigenvalue weighted by Crippen LogP contribution is 2.48.